The molecule has 2 aliphatic rings. The zero-order valence-corrected chi connectivity index (χ0v) is 11.8. The molecule has 0 spiro atoms. The Morgan fingerprint density at radius 1 is 1.10 bits per heavy atom. The van der Waals surface area contributed by atoms with Crippen molar-refractivity contribution in [3.05, 3.63) is 70.5 Å². The average Bonchev–Trinajstić information content (AvgIpc) is 3.03. The molecule has 2 atom stereocenters. The van der Waals surface area contributed by atoms with E-state index in [-0.39, 0.29) is 23.8 Å². The molecule has 2 aromatic rings. The minimum absolute atomic E-state index is 0.0243. The Bertz CT molecular complexity index is 709. The van der Waals surface area contributed by atoms with Crippen LogP contribution in [-0.4, -0.2) is 10.8 Å². The van der Waals surface area contributed by atoms with Gasteiger partial charge < -0.3 is 4.90 Å². The van der Waals surface area contributed by atoms with E-state index in [0.29, 0.717) is 11.1 Å². The topological polar surface area (TPSA) is 20.3 Å². The third kappa shape index (κ3) is 1.73. The number of aryl methyl sites for hydroxylation is 1. The van der Waals surface area contributed by atoms with Crippen LogP contribution in [0.2, 0.25) is 0 Å². The molecule has 0 radical (unpaired) electrons. The van der Waals surface area contributed by atoms with Crippen molar-refractivity contribution in [3.63, 3.8) is 0 Å². The molecule has 21 heavy (non-hydrogen) atoms. The van der Waals surface area contributed by atoms with Crippen LogP contribution in [0.15, 0.2) is 42.5 Å². The number of halogens is 1. The van der Waals surface area contributed by atoms with Crippen LogP contribution in [0, 0.1) is 12.7 Å². The largest absolute Gasteiger partial charge is 0.325 e. The van der Waals surface area contributed by atoms with E-state index in [1.54, 1.807) is 13.0 Å². The number of nitrogens with zero attached hydrogens (tertiary/aromatic N) is 1. The monoisotopic (exact) mass is 281 g/mol. The fourth-order valence-corrected chi connectivity index (χ4v) is 3.83. The van der Waals surface area contributed by atoms with Crippen molar-refractivity contribution in [3.8, 4) is 0 Å². The lowest BCUT2D eigenvalue weighted by Gasteiger charge is -2.23. The molecule has 2 bridgehead atoms. The van der Waals surface area contributed by atoms with Gasteiger partial charge in [-0.05, 0) is 54.7 Å². The molecule has 2 heterocycles. The molecule has 2 nitrogen and oxygen atoms in total. The third-order valence-corrected chi connectivity index (χ3v) is 4.75. The molecule has 2 aliphatic heterocycles. The summed E-state index contributed by atoms with van der Waals surface area (Å²) >= 11 is 0. The smallest absolute Gasteiger partial charge is 0.255 e. The van der Waals surface area contributed by atoms with Crippen molar-refractivity contribution >= 4 is 5.91 Å². The van der Waals surface area contributed by atoms with Gasteiger partial charge in [0.25, 0.3) is 5.91 Å². The van der Waals surface area contributed by atoms with Gasteiger partial charge in [0.2, 0.25) is 0 Å². The van der Waals surface area contributed by atoms with Crippen LogP contribution >= 0.6 is 0 Å². The number of fused-ring (bicyclic) bond motifs is 5. The van der Waals surface area contributed by atoms with E-state index in [0.717, 1.165) is 12.8 Å². The zero-order chi connectivity index (χ0) is 14.6. The van der Waals surface area contributed by atoms with Gasteiger partial charge in [0.05, 0.1) is 12.1 Å². The number of hydrogen-bond donors (Lipinski definition) is 0. The quantitative estimate of drug-likeness (QED) is 0.768. The highest BCUT2D eigenvalue weighted by molar-refractivity contribution is 5.97. The standard InChI is InChI=1S/C18H16FNO/c1-11-10-12(19)6-7-13(11)18(21)20-16-8-9-17(20)15-5-3-2-4-14(15)16/h2-7,10,16-17H,8-9H2,1H3/t16-,17-/m0/s1. The predicted octanol–water partition coefficient (Wildman–Crippen LogP) is 4.17. The summed E-state index contributed by atoms with van der Waals surface area (Å²) in [7, 11) is 0. The van der Waals surface area contributed by atoms with Gasteiger partial charge in [-0.15, -0.1) is 0 Å². The van der Waals surface area contributed by atoms with Gasteiger partial charge in [-0.25, -0.2) is 4.39 Å². The lowest BCUT2D eigenvalue weighted by atomic mass is 9.92. The maximum Gasteiger partial charge on any atom is 0.255 e. The molecule has 0 N–H and O–H groups in total. The van der Waals surface area contributed by atoms with Crippen LogP contribution < -0.4 is 0 Å². The van der Waals surface area contributed by atoms with E-state index >= 15 is 0 Å². The Balaban J connectivity index is 1.74. The van der Waals surface area contributed by atoms with Crippen LogP contribution in [0.1, 0.15) is 52.0 Å². The first-order chi connectivity index (χ1) is 10.2. The second kappa shape index (κ2) is 4.42. The maximum absolute atomic E-state index is 13.2. The molecule has 1 fully saturated rings. The Morgan fingerprint density at radius 2 is 1.71 bits per heavy atom. The molecule has 1 amide bonds. The second-order valence-corrected chi connectivity index (χ2v) is 5.91. The van der Waals surface area contributed by atoms with Crippen molar-refractivity contribution in [1.82, 2.24) is 4.90 Å². The number of carbonyl (C=O) groups is 1. The van der Waals surface area contributed by atoms with E-state index in [4.69, 9.17) is 0 Å². The van der Waals surface area contributed by atoms with Gasteiger partial charge in [0, 0.05) is 5.56 Å². The molecule has 0 saturated carbocycles. The van der Waals surface area contributed by atoms with Gasteiger partial charge in [0.1, 0.15) is 5.82 Å². The van der Waals surface area contributed by atoms with Crippen LogP contribution in [0.3, 0.4) is 0 Å². The summed E-state index contributed by atoms with van der Waals surface area (Å²) in [5.41, 5.74) is 3.88. The number of amides is 1. The second-order valence-electron chi connectivity index (χ2n) is 5.91. The number of carbonyl (C=O) groups excluding carboxylic acids is 1. The summed E-state index contributed by atoms with van der Waals surface area (Å²) in [5.74, 6) is -0.270. The van der Waals surface area contributed by atoms with E-state index < -0.39 is 0 Å². The zero-order valence-electron chi connectivity index (χ0n) is 11.8. The average molecular weight is 281 g/mol. The summed E-state index contributed by atoms with van der Waals surface area (Å²) in [6.07, 6.45) is 2.04. The van der Waals surface area contributed by atoms with E-state index in [2.05, 4.69) is 12.1 Å². The first-order valence-corrected chi connectivity index (χ1v) is 7.34. The van der Waals surface area contributed by atoms with Crippen LogP contribution in [-0.2, 0) is 0 Å². The molecule has 4 rings (SSSR count). The predicted molar refractivity (Wildman–Crippen MR) is 78.5 cm³/mol. The summed E-state index contributed by atoms with van der Waals surface area (Å²) in [5, 5.41) is 0. The van der Waals surface area contributed by atoms with Gasteiger partial charge >= 0.3 is 0 Å². The lowest BCUT2D eigenvalue weighted by Crippen LogP contribution is -2.28. The molecule has 106 valence electrons. The van der Waals surface area contributed by atoms with E-state index in [9.17, 15) is 9.18 Å². The SMILES string of the molecule is Cc1cc(F)ccc1C(=O)N1[C@H]2CC[C@H]1c1ccccc12. The Morgan fingerprint density at radius 3 is 2.29 bits per heavy atom. The first-order valence-electron chi connectivity index (χ1n) is 7.34. The summed E-state index contributed by atoms with van der Waals surface area (Å²) < 4.78 is 13.2. The highest BCUT2D eigenvalue weighted by Crippen LogP contribution is 2.53. The van der Waals surface area contributed by atoms with Crippen molar-refractivity contribution in [2.75, 3.05) is 0 Å². The minimum Gasteiger partial charge on any atom is -0.325 e. The molecule has 3 heteroatoms. The fourth-order valence-electron chi connectivity index (χ4n) is 3.83. The van der Waals surface area contributed by atoms with Crippen LogP contribution in [0.5, 0.6) is 0 Å². The third-order valence-electron chi connectivity index (χ3n) is 4.75. The highest BCUT2D eigenvalue weighted by atomic mass is 19.1. The van der Waals surface area contributed by atoms with Gasteiger partial charge in [-0.2, -0.15) is 0 Å². The first kappa shape index (κ1) is 12.6. The molecular weight excluding hydrogens is 265 g/mol. The van der Waals surface area contributed by atoms with E-state index in [1.807, 2.05) is 17.0 Å². The van der Waals surface area contributed by atoms with Gasteiger partial charge in [-0.3, -0.25) is 4.79 Å². The fraction of sp³-hybridized carbons (Fsp3) is 0.278. The van der Waals surface area contributed by atoms with E-state index in [1.165, 1.54) is 23.3 Å². The lowest BCUT2D eigenvalue weighted by molar-refractivity contribution is 0.0696. The molecule has 1 saturated heterocycles. The Kier molecular flexibility index (Phi) is 2.64. The van der Waals surface area contributed by atoms with Crippen LogP contribution in [0.4, 0.5) is 4.39 Å². The number of rotatable bonds is 1. The van der Waals surface area contributed by atoms with Crippen molar-refractivity contribution < 1.29 is 9.18 Å². The Labute approximate surface area is 123 Å². The van der Waals surface area contributed by atoms with Crippen LogP contribution in [0.25, 0.3) is 0 Å². The normalized spacial score (nSPS) is 22.5. The summed E-state index contributed by atoms with van der Waals surface area (Å²) in [6.45, 7) is 1.79. The molecule has 2 aromatic carbocycles. The summed E-state index contributed by atoms with van der Waals surface area (Å²) in [4.78, 5) is 14.9. The molecule has 0 aromatic heterocycles. The van der Waals surface area contributed by atoms with Crippen molar-refractivity contribution in [1.29, 1.82) is 0 Å². The molecule has 0 unspecified atom stereocenters. The van der Waals surface area contributed by atoms with Crippen molar-refractivity contribution in [2.45, 2.75) is 31.8 Å². The van der Waals surface area contributed by atoms with Crippen molar-refractivity contribution in [2.24, 2.45) is 0 Å². The number of benzene rings is 2. The van der Waals surface area contributed by atoms with Gasteiger partial charge in [-0.1, -0.05) is 24.3 Å². The summed E-state index contributed by atoms with van der Waals surface area (Å²) in [6, 6.07) is 13.1. The van der Waals surface area contributed by atoms with Gasteiger partial charge in [0.15, 0.2) is 0 Å². The molecule has 0 aliphatic carbocycles. The minimum atomic E-state index is -0.295. The Hall–Kier alpha value is -2.16. The maximum atomic E-state index is 13.2. The highest BCUT2D eigenvalue weighted by Gasteiger charge is 2.46. The molecular formula is C18H16FNO. The number of hydrogen-bond acceptors (Lipinski definition) is 1.